The van der Waals surface area contributed by atoms with E-state index in [1.807, 2.05) is 6.92 Å². The highest BCUT2D eigenvalue weighted by molar-refractivity contribution is 6.17. The Balaban J connectivity index is 2.53. The molecule has 118 valence electrons. The first-order valence-corrected chi connectivity index (χ1v) is 8.57. The van der Waals surface area contributed by atoms with Crippen LogP contribution in [0.2, 0.25) is 0 Å². The molecule has 0 saturated carbocycles. The normalized spacial score (nSPS) is 14.8. The fourth-order valence-electron chi connectivity index (χ4n) is 3.03. The molecule has 0 aliphatic rings. The number of fused-ring (bicyclic) bond motifs is 1. The molecule has 4 nitrogen and oxygen atoms in total. The summed E-state index contributed by atoms with van der Waals surface area (Å²) in [7, 11) is 0. The Morgan fingerprint density at radius 1 is 1.24 bits per heavy atom. The minimum Gasteiger partial charge on any atom is -0.310 e. The van der Waals surface area contributed by atoms with E-state index in [0.717, 1.165) is 42.1 Å². The zero-order valence-electron chi connectivity index (χ0n) is 13.9. The van der Waals surface area contributed by atoms with Crippen molar-refractivity contribution in [3.8, 4) is 0 Å². The fraction of sp³-hybridized carbons (Fsp3) is 0.750. The maximum atomic E-state index is 5.98. The van der Waals surface area contributed by atoms with Crippen molar-refractivity contribution in [3.63, 3.8) is 0 Å². The van der Waals surface area contributed by atoms with E-state index in [4.69, 9.17) is 16.6 Å². The second-order valence-electron chi connectivity index (χ2n) is 6.01. The van der Waals surface area contributed by atoms with Crippen LogP contribution in [-0.2, 0) is 13.0 Å². The summed E-state index contributed by atoms with van der Waals surface area (Å²) >= 11 is 5.98. The van der Waals surface area contributed by atoms with Crippen molar-refractivity contribution < 1.29 is 0 Å². The SMILES string of the molecule is CCC(C)CC(C)n1c(CCCl)nc2c(C)nn(CC)c21. The molecule has 0 fully saturated rings. The minimum absolute atomic E-state index is 0.421. The van der Waals surface area contributed by atoms with Gasteiger partial charge in [-0.3, -0.25) is 0 Å². The molecule has 0 aliphatic carbocycles. The van der Waals surface area contributed by atoms with Crippen molar-refractivity contribution >= 4 is 22.8 Å². The molecule has 2 unspecified atom stereocenters. The molecule has 2 atom stereocenters. The van der Waals surface area contributed by atoms with Gasteiger partial charge in [0.1, 0.15) is 11.3 Å². The molecule has 21 heavy (non-hydrogen) atoms. The van der Waals surface area contributed by atoms with Crippen LogP contribution in [0.1, 0.15) is 58.1 Å². The standard InChI is InChI=1S/C16H27ClN4/c1-6-11(3)10-12(4)21-14(8-9-17)18-15-13(5)19-20(7-2)16(15)21/h11-12H,6-10H2,1-5H3. The number of hydrogen-bond donors (Lipinski definition) is 0. The Morgan fingerprint density at radius 3 is 2.52 bits per heavy atom. The molecule has 0 radical (unpaired) electrons. The molecule has 0 bridgehead atoms. The van der Waals surface area contributed by atoms with E-state index < -0.39 is 0 Å². The van der Waals surface area contributed by atoms with Crippen molar-refractivity contribution in [2.45, 2.75) is 66.5 Å². The maximum absolute atomic E-state index is 5.98. The second kappa shape index (κ2) is 6.82. The van der Waals surface area contributed by atoms with Gasteiger partial charge in [-0.1, -0.05) is 20.3 Å². The molecule has 2 aromatic rings. The number of aryl methyl sites for hydroxylation is 3. The van der Waals surface area contributed by atoms with Crippen LogP contribution in [0, 0.1) is 12.8 Å². The van der Waals surface area contributed by atoms with Crippen LogP contribution in [0.5, 0.6) is 0 Å². The van der Waals surface area contributed by atoms with E-state index in [0.29, 0.717) is 17.8 Å². The Morgan fingerprint density at radius 2 is 1.95 bits per heavy atom. The lowest BCUT2D eigenvalue weighted by Gasteiger charge is -2.21. The van der Waals surface area contributed by atoms with Gasteiger partial charge in [0.05, 0.1) is 5.69 Å². The molecule has 0 aromatic carbocycles. The summed E-state index contributed by atoms with van der Waals surface area (Å²) in [5.41, 5.74) is 3.20. The predicted molar refractivity (Wildman–Crippen MR) is 89.1 cm³/mol. The number of imidazole rings is 1. The third-order valence-electron chi connectivity index (χ3n) is 4.32. The molecule has 0 spiro atoms. The van der Waals surface area contributed by atoms with Gasteiger partial charge in [-0.2, -0.15) is 5.10 Å². The number of hydrogen-bond acceptors (Lipinski definition) is 2. The Hall–Kier alpha value is -1.03. The van der Waals surface area contributed by atoms with E-state index in [1.165, 1.54) is 6.42 Å². The zero-order chi connectivity index (χ0) is 15.6. The first-order chi connectivity index (χ1) is 10.0. The van der Waals surface area contributed by atoms with E-state index in [-0.39, 0.29) is 0 Å². The summed E-state index contributed by atoms with van der Waals surface area (Å²) in [6, 6.07) is 0.421. The summed E-state index contributed by atoms with van der Waals surface area (Å²) < 4.78 is 4.44. The monoisotopic (exact) mass is 310 g/mol. The lowest BCUT2D eigenvalue weighted by molar-refractivity contribution is 0.393. The molecule has 2 heterocycles. The van der Waals surface area contributed by atoms with E-state index in [1.54, 1.807) is 0 Å². The highest BCUT2D eigenvalue weighted by atomic mass is 35.5. The molecule has 0 saturated heterocycles. The van der Waals surface area contributed by atoms with Gasteiger partial charge in [0.15, 0.2) is 5.65 Å². The average Bonchev–Trinajstić information content (AvgIpc) is 2.97. The van der Waals surface area contributed by atoms with Gasteiger partial charge in [0.25, 0.3) is 0 Å². The van der Waals surface area contributed by atoms with Gasteiger partial charge in [0.2, 0.25) is 0 Å². The van der Waals surface area contributed by atoms with E-state index in [9.17, 15) is 0 Å². The van der Waals surface area contributed by atoms with Gasteiger partial charge in [0, 0.05) is 24.9 Å². The number of alkyl halides is 1. The molecular weight excluding hydrogens is 284 g/mol. The van der Waals surface area contributed by atoms with Gasteiger partial charge in [-0.15, -0.1) is 11.6 Å². The van der Waals surface area contributed by atoms with Crippen molar-refractivity contribution in [2.24, 2.45) is 5.92 Å². The number of aromatic nitrogens is 4. The third kappa shape index (κ3) is 3.10. The average molecular weight is 311 g/mol. The van der Waals surface area contributed by atoms with Gasteiger partial charge >= 0.3 is 0 Å². The quantitative estimate of drug-likeness (QED) is 0.713. The van der Waals surface area contributed by atoms with Gasteiger partial charge in [-0.05, 0) is 33.1 Å². The molecule has 2 rings (SSSR count). The molecule has 2 aromatic heterocycles. The van der Waals surface area contributed by atoms with Crippen LogP contribution >= 0.6 is 11.6 Å². The van der Waals surface area contributed by atoms with E-state index in [2.05, 4.69) is 42.0 Å². The highest BCUT2D eigenvalue weighted by Gasteiger charge is 2.22. The predicted octanol–water partition coefficient (Wildman–Crippen LogP) is 4.34. The van der Waals surface area contributed by atoms with Crippen molar-refractivity contribution in [1.29, 1.82) is 0 Å². The van der Waals surface area contributed by atoms with Crippen LogP contribution < -0.4 is 0 Å². The molecule has 0 N–H and O–H groups in total. The third-order valence-corrected chi connectivity index (χ3v) is 4.50. The maximum Gasteiger partial charge on any atom is 0.159 e. The second-order valence-corrected chi connectivity index (χ2v) is 6.39. The van der Waals surface area contributed by atoms with E-state index >= 15 is 0 Å². The Kier molecular flexibility index (Phi) is 5.31. The first kappa shape index (κ1) is 16.3. The topological polar surface area (TPSA) is 35.6 Å². The smallest absolute Gasteiger partial charge is 0.159 e. The van der Waals surface area contributed by atoms with Gasteiger partial charge in [-0.25, -0.2) is 9.67 Å². The van der Waals surface area contributed by atoms with Crippen LogP contribution in [0.25, 0.3) is 11.2 Å². The number of halogens is 1. The molecule has 0 amide bonds. The van der Waals surface area contributed by atoms with Crippen LogP contribution in [-0.4, -0.2) is 25.2 Å². The minimum atomic E-state index is 0.421. The van der Waals surface area contributed by atoms with Crippen LogP contribution in [0.3, 0.4) is 0 Å². The Bertz CT molecular complexity index is 599. The highest BCUT2D eigenvalue weighted by Crippen LogP contribution is 2.28. The van der Waals surface area contributed by atoms with Crippen LogP contribution in [0.15, 0.2) is 0 Å². The number of rotatable bonds is 7. The summed E-state index contributed by atoms with van der Waals surface area (Å²) in [6.45, 7) is 11.9. The van der Waals surface area contributed by atoms with Crippen molar-refractivity contribution in [3.05, 3.63) is 11.5 Å². The summed E-state index contributed by atoms with van der Waals surface area (Å²) in [6.07, 6.45) is 3.18. The van der Waals surface area contributed by atoms with Crippen molar-refractivity contribution in [2.75, 3.05) is 5.88 Å². The largest absolute Gasteiger partial charge is 0.310 e. The van der Waals surface area contributed by atoms with Crippen molar-refractivity contribution in [1.82, 2.24) is 19.3 Å². The summed E-state index contributed by atoms with van der Waals surface area (Å²) in [4.78, 5) is 4.82. The molecule has 5 heteroatoms. The zero-order valence-corrected chi connectivity index (χ0v) is 14.6. The van der Waals surface area contributed by atoms with Crippen LogP contribution in [0.4, 0.5) is 0 Å². The summed E-state index contributed by atoms with van der Waals surface area (Å²) in [5.74, 6) is 2.41. The van der Waals surface area contributed by atoms with Gasteiger partial charge < -0.3 is 4.57 Å². The number of nitrogens with zero attached hydrogens (tertiary/aromatic N) is 4. The lowest BCUT2D eigenvalue weighted by atomic mass is 10.00. The molecule has 0 aliphatic heterocycles. The fourth-order valence-corrected chi connectivity index (χ4v) is 3.20. The lowest BCUT2D eigenvalue weighted by Crippen LogP contribution is -2.15. The summed E-state index contributed by atoms with van der Waals surface area (Å²) in [5, 5.41) is 4.61. The Labute approximate surface area is 132 Å². The molecular formula is C16H27ClN4. The first-order valence-electron chi connectivity index (χ1n) is 8.03.